The average Bonchev–Trinajstić information content (AvgIpc) is 2.40. The number of hydrogen-bond donors (Lipinski definition) is 3. The number of anilines is 2. The lowest BCUT2D eigenvalue weighted by Crippen LogP contribution is -2.30. The van der Waals surface area contributed by atoms with Gasteiger partial charge in [0, 0.05) is 10.6 Å². The molecule has 2 rings (SSSR count). The van der Waals surface area contributed by atoms with Crippen molar-refractivity contribution < 1.29 is 4.79 Å². The minimum atomic E-state index is -0.378. The van der Waals surface area contributed by atoms with Crippen molar-refractivity contribution in [3.63, 3.8) is 0 Å². The van der Waals surface area contributed by atoms with E-state index in [1.165, 1.54) is 12.4 Å². The summed E-state index contributed by atoms with van der Waals surface area (Å²) in [6.45, 7) is 0. The molecule has 1 aromatic heterocycles. The zero-order valence-electron chi connectivity index (χ0n) is 9.52. The fraction of sp³-hybridized carbons (Fsp3) is 0. The van der Waals surface area contributed by atoms with Crippen LogP contribution in [0.1, 0.15) is 10.4 Å². The number of rotatable bonds is 3. The zero-order chi connectivity index (χ0) is 13.8. The molecule has 19 heavy (non-hydrogen) atoms. The van der Waals surface area contributed by atoms with Crippen LogP contribution >= 0.6 is 23.2 Å². The van der Waals surface area contributed by atoms with Crippen LogP contribution < -0.4 is 16.6 Å². The van der Waals surface area contributed by atoms with Crippen molar-refractivity contribution in [1.82, 2.24) is 15.4 Å². The molecule has 0 spiro atoms. The summed E-state index contributed by atoms with van der Waals surface area (Å²) in [5, 5.41) is 0.576. The van der Waals surface area contributed by atoms with E-state index in [1.807, 2.05) is 0 Å². The number of carbonyl (C=O) groups excluding carboxylic acids is 1. The van der Waals surface area contributed by atoms with Gasteiger partial charge in [-0.1, -0.05) is 29.3 Å². The Morgan fingerprint density at radius 3 is 2.79 bits per heavy atom. The second-order valence-electron chi connectivity index (χ2n) is 3.52. The van der Waals surface area contributed by atoms with Gasteiger partial charge in [0.15, 0.2) is 11.0 Å². The number of nitrogens with one attached hydrogen (secondary N) is 2. The highest BCUT2D eigenvalue weighted by Gasteiger charge is 2.09. The third-order valence-electron chi connectivity index (χ3n) is 2.22. The van der Waals surface area contributed by atoms with Gasteiger partial charge in [-0.2, -0.15) is 0 Å². The highest BCUT2D eigenvalue weighted by molar-refractivity contribution is 6.32. The maximum atomic E-state index is 11.8. The molecule has 2 aromatic rings. The maximum Gasteiger partial charge on any atom is 0.269 e. The first-order chi connectivity index (χ1) is 9.08. The molecule has 0 saturated heterocycles. The molecule has 0 aliphatic carbocycles. The fourth-order valence-electron chi connectivity index (χ4n) is 1.29. The average molecular weight is 298 g/mol. The Hall–Kier alpha value is -2.05. The minimum Gasteiger partial charge on any atom is -0.393 e. The van der Waals surface area contributed by atoms with E-state index < -0.39 is 0 Å². The Labute approximate surface area is 118 Å². The molecular weight excluding hydrogens is 289 g/mol. The summed E-state index contributed by atoms with van der Waals surface area (Å²) in [5.41, 5.74) is 11.2. The summed E-state index contributed by atoms with van der Waals surface area (Å²) >= 11 is 11.5. The summed E-state index contributed by atoms with van der Waals surface area (Å²) in [6.07, 6.45) is 1.23. The Morgan fingerprint density at radius 2 is 2.05 bits per heavy atom. The molecule has 0 saturated carbocycles. The predicted molar refractivity (Wildman–Crippen MR) is 74.0 cm³/mol. The summed E-state index contributed by atoms with van der Waals surface area (Å²) in [6, 6.07) is 6.51. The first-order valence-electron chi connectivity index (χ1n) is 5.16. The van der Waals surface area contributed by atoms with E-state index in [4.69, 9.17) is 28.9 Å². The molecule has 6 nitrogen and oxygen atoms in total. The molecule has 1 aromatic carbocycles. The van der Waals surface area contributed by atoms with Gasteiger partial charge < -0.3 is 5.73 Å². The van der Waals surface area contributed by atoms with Crippen molar-refractivity contribution in [3.8, 4) is 0 Å². The molecule has 0 unspecified atom stereocenters. The number of aromatic nitrogens is 2. The van der Waals surface area contributed by atoms with Crippen LogP contribution in [0.15, 0.2) is 30.6 Å². The normalized spacial score (nSPS) is 10.0. The molecule has 0 fully saturated rings. The van der Waals surface area contributed by atoms with Crippen molar-refractivity contribution in [3.05, 3.63) is 46.3 Å². The second-order valence-corrected chi connectivity index (χ2v) is 4.31. The molecule has 8 heteroatoms. The molecular formula is C11H9Cl2N5O. The van der Waals surface area contributed by atoms with Gasteiger partial charge in [0.2, 0.25) is 0 Å². The topological polar surface area (TPSA) is 92.9 Å². The highest BCUT2D eigenvalue weighted by atomic mass is 35.5. The minimum absolute atomic E-state index is 0.106. The molecule has 1 amide bonds. The summed E-state index contributed by atoms with van der Waals surface area (Å²) in [7, 11) is 0. The van der Waals surface area contributed by atoms with E-state index in [0.717, 1.165) is 0 Å². The van der Waals surface area contributed by atoms with Crippen molar-refractivity contribution >= 4 is 40.6 Å². The number of hydrazine groups is 1. The van der Waals surface area contributed by atoms with Gasteiger partial charge in [-0.25, -0.2) is 9.97 Å². The SMILES string of the molecule is Nc1c(Cl)ncnc1NNC(=O)c1cccc(Cl)c1. The zero-order valence-corrected chi connectivity index (χ0v) is 11.0. The third kappa shape index (κ3) is 3.24. The van der Waals surface area contributed by atoms with Crippen LogP contribution in [-0.4, -0.2) is 15.9 Å². The van der Waals surface area contributed by atoms with Crippen LogP contribution in [0.2, 0.25) is 10.2 Å². The number of nitrogens with two attached hydrogens (primary N) is 1. The number of amides is 1. The third-order valence-corrected chi connectivity index (χ3v) is 2.75. The summed E-state index contributed by atoms with van der Waals surface area (Å²) in [4.78, 5) is 19.4. The van der Waals surface area contributed by atoms with Crippen LogP contribution in [0.4, 0.5) is 11.5 Å². The van der Waals surface area contributed by atoms with Crippen LogP contribution in [0.3, 0.4) is 0 Å². The van der Waals surface area contributed by atoms with Crippen molar-refractivity contribution in [2.75, 3.05) is 11.2 Å². The molecule has 0 bridgehead atoms. The monoisotopic (exact) mass is 297 g/mol. The van der Waals surface area contributed by atoms with E-state index in [2.05, 4.69) is 20.8 Å². The number of benzene rings is 1. The van der Waals surface area contributed by atoms with E-state index in [1.54, 1.807) is 18.2 Å². The van der Waals surface area contributed by atoms with Crippen LogP contribution in [0.25, 0.3) is 0 Å². The first-order valence-corrected chi connectivity index (χ1v) is 5.91. The Bertz CT molecular complexity index is 620. The lowest BCUT2D eigenvalue weighted by molar-refractivity contribution is 0.0962. The fourth-order valence-corrected chi connectivity index (χ4v) is 1.61. The highest BCUT2D eigenvalue weighted by Crippen LogP contribution is 2.21. The number of halogens is 2. The molecule has 4 N–H and O–H groups in total. The van der Waals surface area contributed by atoms with E-state index in [0.29, 0.717) is 10.6 Å². The molecule has 0 aliphatic heterocycles. The van der Waals surface area contributed by atoms with Crippen molar-refractivity contribution in [2.24, 2.45) is 0 Å². The van der Waals surface area contributed by atoms with E-state index in [-0.39, 0.29) is 22.6 Å². The second kappa shape index (κ2) is 5.73. The van der Waals surface area contributed by atoms with Gasteiger partial charge in [-0.3, -0.25) is 15.6 Å². The number of nitrogens with zero attached hydrogens (tertiary/aromatic N) is 2. The van der Waals surface area contributed by atoms with Gasteiger partial charge in [-0.15, -0.1) is 0 Å². The van der Waals surface area contributed by atoms with E-state index in [9.17, 15) is 4.79 Å². The molecule has 98 valence electrons. The standard InChI is InChI=1S/C11H9Cl2N5O/c12-7-3-1-2-6(4-7)11(19)18-17-10-8(14)9(13)15-5-16-10/h1-5H,14H2,(H,18,19)(H,15,16,17). The Balaban J connectivity index is 2.07. The maximum absolute atomic E-state index is 11.8. The molecule has 0 aliphatic rings. The van der Waals surface area contributed by atoms with Crippen LogP contribution in [0.5, 0.6) is 0 Å². The molecule has 0 atom stereocenters. The van der Waals surface area contributed by atoms with Crippen LogP contribution in [-0.2, 0) is 0 Å². The van der Waals surface area contributed by atoms with Gasteiger partial charge in [0.05, 0.1) is 0 Å². The van der Waals surface area contributed by atoms with Gasteiger partial charge in [0.1, 0.15) is 12.0 Å². The Kier molecular flexibility index (Phi) is 4.03. The largest absolute Gasteiger partial charge is 0.393 e. The number of nitrogen functional groups attached to an aromatic ring is 1. The molecule has 0 radical (unpaired) electrons. The number of carbonyl (C=O) groups is 1. The summed E-state index contributed by atoms with van der Waals surface area (Å²) < 4.78 is 0. The van der Waals surface area contributed by atoms with E-state index >= 15 is 0 Å². The van der Waals surface area contributed by atoms with Crippen LogP contribution in [0, 0.1) is 0 Å². The smallest absolute Gasteiger partial charge is 0.269 e. The molecule has 1 heterocycles. The van der Waals surface area contributed by atoms with Crippen molar-refractivity contribution in [1.29, 1.82) is 0 Å². The first kappa shape index (κ1) is 13.4. The quantitative estimate of drug-likeness (QED) is 0.596. The Morgan fingerprint density at radius 1 is 1.26 bits per heavy atom. The lowest BCUT2D eigenvalue weighted by Gasteiger charge is -2.10. The number of hydrogen-bond acceptors (Lipinski definition) is 5. The summed E-state index contributed by atoms with van der Waals surface area (Å²) in [5.74, 6) is -0.160. The van der Waals surface area contributed by atoms with Gasteiger partial charge in [0.25, 0.3) is 5.91 Å². The lowest BCUT2D eigenvalue weighted by atomic mass is 10.2. The predicted octanol–water partition coefficient (Wildman–Crippen LogP) is 2.12. The van der Waals surface area contributed by atoms with Gasteiger partial charge >= 0.3 is 0 Å². The van der Waals surface area contributed by atoms with Crippen molar-refractivity contribution in [2.45, 2.75) is 0 Å². The van der Waals surface area contributed by atoms with Gasteiger partial charge in [-0.05, 0) is 18.2 Å².